The summed E-state index contributed by atoms with van der Waals surface area (Å²) in [7, 11) is 0. The fourth-order valence-corrected chi connectivity index (χ4v) is 2.25. The van der Waals surface area contributed by atoms with Gasteiger partial charge in [0.05, 0.1) is 12.1 Å². The highest BCUT2D eigenvalue weighted by molar-refractivity contribution is 9.10. The van der Waals surface area contributed by atoms with E-state index in [1.54, 1.807) is 6.07 Å². The van der Waals surface area contributed by atoms with Gasteiger partial charge in [0.15, 0.2) is 6.61 Å². The first-order valence-electron chi connectivity index (χ1n) is 6.76. The maximum Gasteiger partial charge on any atom is 0.341 e. The summed E-state index contributed by atoms with van der Waals surface area (Å²) in [4.78, 5) is 22.6. The van der Waals surface area contributed by atoms with E-state index < -0.39 is 24.3 Å². The molecule has 6 nitrogen and oxygen atoms in total. The van der Waals surface area contributed by atoms with Crippen LogP contribution in [-0.2, 0) is 16.0 Å². The molecule has 0 aliphatic carbocycles. The van der Waals surface area contributed by atoms with Gasteiger partial charge >= 0.3 is 5.97 Å². The molecule has 0 spiro atoms. The highest BCUT2D eigenvalue weighted by Crippen LogP contribution is 2.29. The molecule has 24 heavy (non-hydrogen) atoms. The van der Waals surface area contributed by atoms with Crippen molar-refractivity contribution in [1.82, 2.24) is 0 Å². The monoisotopic (exact) mass is 397 g/mol. The molecule has 3 N–H and O–H groups in total. The number of nitrogens with one attached hydrogen (secondary N) is 1. The van der Waals surface area contributed by atoms with Crippen molar-refractivity contribution in [3.05, 3.63) is 52.3 Å². The summed E-state index contributed by atoms with van der Waals surface area (Å²) >= 11 is 3.13. The Morgan fingerprint density at radius 3 is 2.62 bits per heavy atom. The van der Waals surface area contributed by atoms with E-state index in [2.05, 4.69) is 21.2 Å². The number of carbonyl (C=O) groups excluding carboxylic acids is 1. The Morgan fingerprint density at radius 1 is 1.21 bits per heavy atom. The average Bonchev–Trinajstić information content (AvgIpc) is 2.49. The number of halogens is 2. The second kappa shape index (κ2) is 7.78. The number of phenols is 1. The molecule has 0 saturated heterocycles. The molecule has 1 amide bonds. The van der Waals surface area contributed by atoms with E-state index in [1.165, 1.54) is 30.3 Å². The number of aliphatic carboxylic acids is 1. The van der Waals surface area contributed by atoms with Crippen molar-refractivity contribution in [2.45, 2.75) is 6.42 Å². The SMILES string of the molecule is O=C(O)COc1ccc(O)cc1NC(=O)Cc1ccc(Br)cc1F. The van der Waals surface area contributed by atoms with Gasteiger partial charge in [-0.3, -0.25) is 4.79 Å². The smallest absolute Gasteiger partial charge is 0.341 e. The molecular weight excluding hydrogens is 385 g/mol. The van der Waals surface area contributed by atoms with Gasteiger partial charge in [-0.05, 0) is 29.8 Å². The normalized spacial score (nSPS) is 10.2. The number of carbonyl (C=O) groups is 2. The Kier molecular flexibility index (Phi) is 5.75. The Balaban J connectivity index is 2.12. The van der Waals surface area contributed by atoms with Gasteiger partial charge < -0.3 is 20.3 Å². The third kappa shape index (κ3) is 4.95. The highest BCUT2D eigenvalue weighted by atomic mass is 79.9. The third-order valence-electron chi connectivity index (χ3n) is 2.95. The lowest BCUT2D eigenvalue weighted by Gasteiger charge is -2.12. The predicted octanol–water partition coefficient (Wildman–Crippen LogP) is 2.94. The van der Waals surface area contributed by atoms with Gasteiger partial charge in [0.2, 0.25) is 5.91 Å². The first-order chi connectivity index (χ1) is 11.3. The van der Waals surface area contributed by atoms with E-state index in [0.717, 1.165) is 0 Å². The lowest BCUT2D eigenvalue weighted by molar-refractivity contribution is -0.139. The minimum absolute atomic E-state index is 0.0832. The van der Waals surface area contributed by atoms with Crippen LogP contribution in [0.4, 0.5) is 10.1 Å². The summed E-state index contributed by atoms with van der Waals surface area (Å²) in [6, 6.07) is 8.17. The molecule has 0 atom stereocenters. The largest absolute Gasteiger partial charge is 0.508 e. The molecule has 0 aromatic heterocycles. The van der Waals surface area contributed by atoms with Crippen LogP contribution >= 0.6 is 15.9 Å². The molecule has 0 fully saturated rings. The summed E-state index contributed by atoms with van der Waals surface area (Å²) in [5.74, 6) is -2.31. The van der Waals surface area contributed by atoms with Gasteiger partial charge in [0, 0.05) is 10.5 Å². The lowest BCUT2D eigenvalue weighted by Crippen LogP contribution is -2.17. The summed E-state index contributed by atoms with van der Waals surface area (Å²) < 4.78 is 19.4. The van der Waals surface area contributed by atoms with Gasteiger partial charge in [-0.15, -0.1) is 0 Å². The quantitative estimate of drug-likeness (QED) is 0.696. The maximum atomic E-state index is 13.8. The Bertz CT molecular complexity index is 781. The molecule has 2 aromatic carbocycles. The molecule has 0 aliphatic rings. The Hall–Kier alpha value is -2.61. The van der Waals surface area contributed by atoms with E-state index in [4.69, 9.17) is 9.84 Å². The van der Waals surface area contributed by atoms with Crippen LogP contribution in [0.2, 0.25) is 0 Å². The van der Waals surface area contributed by atoms with Gasteiger partial charge in [0.1, 0.15) is 17.3 Å². The van der Waals surface area contributed by atoms with Crippen molar-refractivity contribution in [3.8, 4) is 11.5 Å². The zero-order valence-electron chi connectivity index (χ0n) is 12.3. The molecule has 126 valence electrons. The fourth-order valence-electron chi connectivity index (χ4n) is 1.91. The van der Waals surface area contributed by atoms with E-state index in [9.17, 15) is 19.1 Å². The fraction of sp³-hybridized carbons (Fsp3) is 0.125. The highest BCUT2D eigenvalue weighted by Gasteiger charge is 2.13. The first-order valence-corrected chi connectivity index (χ1v) is 7.56. The zero-order valence-corrected chi connectivity index (χ0v) is 13.8. The second-order valence-corrected chi connectivity index (χ2v) is 5.74. The second-order valence-electron chi connectivity index (χ2n) is 4.82. The zero-order chi connectivity index (χ0) is 17.7. The number of ether oxygens (including phenoxy) is 1. The molecule has 0 heterocycles. The topological polar surface area (TPSA) is 95.9 Å². The van der Waals surface area contributed by atoms with Crippen molar-refractivity contribution in [2.75, 3.05) is 11.9 Å². The average molecular weight is 398 g/mol. The van der Waals surface area contributed by atoms with Gasteiger partial charge in [-0.25, -0.2) is 9.18 Å². The molecule has 0 unspecified atom stereocenters. The predicted molar refractivity (Wildman–Crippen MR) is 87.7 cm³/mol. The van der Waals surface area contributed by atoms with Crippen LogP contribution in [0.3, 0.4) is 0 Å². The number of anilines is 1. The van der Waals surface area contributed by atoms with Crippen molar-refractivity contribution >= 4 is 33.5 Å². The Labute approximate surface area is 145 Å². The van der Waals surface area contributed by atoms with Crippen LogP contribution in [0.15, 0.2) is 40.9 Å². The molecular formula is C16H13BrFNO5. The summed E-state index contributed by atoms with van der Waals surface area (Å²) in [5.41, 5.74) is 0.294. The van der Waals surface area contributed by atoms with Crippen LogP contribution in [0.25, 0.3) is 0 Å². The van der Waals surface area contributed by atoms with Crippen molar-refractivity contribution in [1.29, 1.82) is 0 Å². The molecule has 8 heteroatoms. The molecule has 0 saturated carbocycles. The number of aromatic hydroxyl groups is 1. The van der Waals surface area contributed by atoms with E-state index >= 15 is 0 Å². The third-order valence-corrected chi connectivity index (χ3v) is 3.45. The van der Waals surface area contributed by atoms with Crippen LogP contribution in [0.1, 0.15) is 5.56 Å². The summed E-state index contributed by atoms with van der Waals surface area (Å²) in [6.07, 6.45) is -0.229. The molecule has 0 aliphatic heterocycles. The van der Waals surface area contributed by atoms with Crippen LogP contribution < -0.4 is 10.1 Å². The van der Waals surface area contributed by atoms with Gasteiger partial charge in [-0.1, -0.05) is 22.0 Å². The minimum Gasteiger partial charge on any atom is -0.508 e. The number of rotatable bonds is 6. The van der Waals surface area contributed by atoms with Crippen LogP contribution in [0, 0.1) is 5.82 Å². The maximum absolute atomic E-state index is 13.8. The van der Waals surface area contributed by atoms with Gasteiger partial charge in [-0.2, -0.15) is 0 Å². The number of hydrogen-bond acceptors (Lipinski definition) is 4. The van der Waals surface area contributed by atoms with Crippen molar-refractivity contribution in [2.24, 2.45) is 0 Å². The minimum atomic E-state index is -1.18. The van der Waals surface area contributed by atoms with Gasteiger partial charge in [0.25, 0.3) is 0 Å². The molecule has 0 bridgehead atoms. The number of carboxylic acids is 1. The summed E-state index contributed by atoms with van der Waals surface area (Å²) in [6.45, 7) is -0.602. The first kappa shape index (κ1) is 17.7. The van der Waals surface area contributed by atoms with E-state index in [1.807, 2.05) is 0 Å². The molecule has 2 aromatic rings. The van der Waals surface area contributed by atoms with E-state index in [0.29, 0.717) is 4.47 Å². The number of amides is 1. The van der Waals surface area contributed by atoms with Crippen molar-refractivity contribution in [3.63, 3.8) is 0 Å². The number of hydrogen-bond donors (Lipinski definition) is 3. The standard InChI is InChI=1S/C16H13BrFNO5/c17-10-2-1-9(12(18)6-10)5-15(21)19-13-7-11(20)3-4-14(13)24-8-16(22)23/h1-4,6-7,20H,5,8H2,(H,19,21)(H,22,23). The molecule has 2 rings (SSSR count). The number of benzene rings is 2. The molecule has 0 radical (unpaired) electrons. The van der Waals surface area contributed by atoms with Crippen LogP contribution in [0.5, 0.6) is 11.5 Å². The summed E-state index contributed by atoms with van der Waals surface area (Å²) in [5, 5.41) is 20.6. The van der Waals surface area contributed by atoms with Crippen LogP contribution in [-0.4, -0.2) is 28.7 Å². The Morgan fingerprint density at radius 2 is 1.96 bits per heavy atom. The number of phenolic OH excluding ortho intramolecular Hbond substituents is 1. The lowest BCUT2D eigenvalue weighted by atomic mass is 10.1. The number of carboxylic acid groups (broad SMARTS) is 1. The van der Waals surface area contributed by atoms with E-state index in [-0.39, 0.29) is 29.2 Å². The van der Waals surface area contributed by atoms with Crippen molar-refractivity contribution < 1.29 is 28.9 Å².